The molecule has 0 fully saturated rings. The summed E-state index contributed by atoms with van der Waals surface area (Å²) in [6.07, 6.45) is 1.57. The summed E-state index contributed by atoms with van der Waals surface area (Å²) >= 11 is 3.18. The Bertz CT molecular complexity index is 730. The molecule has 2 rings (SSSR count). The van der Waals surface area contributed by atoms with Gasteiger partial charge in [0.25, 0.3) is 5.56 Å². The van der Waals surface area contributed by atoms with Gasteiger partial charge in [0.2, 0.25) is 0 Å². The van der Waals surface area contributed by atoms with Crippen LogP contribution in [0.1, 0.15) is 6.92 Å². The predicted molar refractivity (Wildman–Crippen MR) is 94.4 cm³/mol. The molecule has 0 aliphatic carbocycles. The van der Waals surface area contributed by atoms with Gasteiger partial charge >= 0.3 is 6.03 Å². The van der Waals surface area contributed by atoms with E-state index in [-0.39, 0.29) is 11.6 Å². The number of ether oxygens (including phenoxy) is 1. The molecule has 2 amide bonds. The summed E-state index contributed by atoms with van der Waals surface area (Å²) in [5.74, 6) is 0.757. The van der Waals surface area contributed by atoms with Gasteiger partial charge in [-0.3, -0.25) is 9.69 Å². The van der Waals surface area contributed by atoms with Crippen molar-refractivity contribution in [1.82, 2.24) is 4.57 Å². The van der Waals surface area contributed by atoms with Crippen molar-refractivity contribution >= 4 is 33.3 Å². The molecule has 0 radical (unpaired) electrons. The number of amides is 2. The largest absolute Gasteiger partial charge is 0.494 e. The van der Waals surface area contributed by atoms with E-state index in [4.69, 9.17) is 4.74 Å². The van der Waals surface area contributed by atoms with E-state index in [0.717, 1.165) is 11.4 Å². The van der Waals surface area contributed by atoms with E-state index >= 15 is 0 Å². The van der Waals surface area contributed by atoms with E-state index < -0.39 is 0 Å². The fourth-order valence-electron chi connectivity index (χ4n) is 2.00. The van der Waals surface area contributed by atoms with Crippen LogP contribution in [-0.2, 0) is 7.05 Å². The normalized spacial score (nSPS) is 10.3. The standard InChI is InChI=1S/C16H18BrN3O3/c1-4-23-13-7-5-12(6-8-13)20(3)16(22)18-11-9-14(17)15(21)19(2)10-11/h5-10H,4H2,1-3H3,(H,18,22). The number of nitrogens with one attached hydrogen (secondary N) is 1. The Morgan fingerprint density at radius 2 is 2.00 bits per heavy atom. The van der Waals surface area contributed by atoms with E-state index in [1.54, 1.807) is 38.5 Å². The highest BCUT2D eigenvalue weighted by Crippen LogP contribution is 2.20. The zero-order chi connectivity index (χ0) is 17.0. The smallest absolute Gasteiger partial charge is 0.326 e. The Kier molecular flexibility index (Phi) is 5.44. The lowest BCUT2D eigenvalue weighted by molar-refractivity contribution is 0.258. The van der Waals surface area contributed by atoms with Crippen LogP contribution in [0.4, 0.5) is 16.2 Å². The molecule has 0 spiro atoms. The van der Waals surface area contributed by atoms with Crippen molar-refractivity contribution in [2.75, 3.05) is 23.9 Å². The van der Waals surface area contributed by atoms with E-state index in [2.05, 4.69) is 21.2 Å². The number of nitrogens with zero attached hydrogens (tertiary/aromatic N) is 2. The lowest BCUT2D eigenvalue weighted by atomic mass is 10.3. The first-order valence-electron chi connectivity index (χ1n) is 7.06. The molecule has 1 aromatic carbocycles. The fourth-order valence-corrected chi connectivity index (χ4v) is 2.52. The van der Waals surface area contributed by atoms with Crippen molar-refractivity contribution in [3.63, 3.8) is 0 Å². The lowest BCUT2D eigenvalue weighted by Gasteiger charge is -2.19. The first-order valence-corrected chi connectivity index (χ1v) is 7.85. The van der Waals surface area contributed by atoms with Crippen LogP contribution in [0.2, 0.25) is 0 Å². The summed E-state index contributed by atoms with van der Waals surface area (Å²) in [4.78, 5) is 25.4. The molecule has 0 atom stereocenters. The molecule has 0 aliphatic heterocycles. The zero-order valence-electron chi connectivity index (χ0n) is 13.2. The molecule has 7 heteroatoms. The highest BCUT2D eigenvalue weighted by Gasteiger charge is 2.12. The second-order valence-electron chi connectivity index (χ2n) is 4.91. The molecule has 1 heterocycles. The van der Waals surface area contributed by atoms with Crippen molar-refractivity contribution in [3.05, 3.63) is 51.4 Å². The molecule has 122 valence electrons. The van der Waals surface area contributed by atoms with Gasteiger partial charge in [-0.25, -0.2) is 4.79 Å². The minimum absolute atomic E-state index is 0.164. The number of hydrogen-bond acceptors (Lipinski definition) is 3. The van der Waals surface area contributed by atoms with Gasteiger partial charge in [-0.2, -0.15) is 0 Å². The third-order valence-corrected chi connectivity index (χ3v) is 3.80. The monoisotopic (exact) mass is 379 g/mol. The van der Waals surface area contributed by atoms with Crippen LogP contribution in [0.15, 0.2) is 45.8 Å². The second-order valence-corrected chi connectivity index (χ2v) is 5.76. The number of aromatic nitrogens is 1. The fraction of sp³-hybridized carbons (Fsp3) is 0.250. The van der Waals surface area contributed by atoms with Gasteiger partial charge in [-0.15, -0.1) is 0 Å². The third-order valence-electron chi connectivity index (χ3n) is 3.23. The van der Waals surface area contributed by atoms with Gasteiger partial charge in [0.05, 0.1) is 16.8 Å². The number of carbonyl (C=O) groups excluding carboxylic acids is 1. The Morgan fingerprint density at radius 1 is 1.35 bits per heavy atom. The number of halogens is 1. The van der Waals surface area contributed by atoms with E-state index in [1.807, 2.05) is 19.1 Å². The Labute approximate surface area is 142 Å². The van der Waals surface area contributed by atoms with E-state index in [9.17, 15) is 9.59 Å². The van der Waals surface area contributed by atoms with Crippen LogP contribution in [0.25, 0.3) is 0 Å². The molecule has 1 N–H and O–H groups in total. The molecule has 23 heavy (non-hydrogen) atoms. The highest BCUT2D eigenvalue weighted by atomic mass is 79.9. The molecular formula is C16H18BrN3O3. The van der Waals surface area contributed by atoms with Crippen molar-refractivity contribution in [1.29, 1.82) is 0 Å². The number of anilines is 2. The van der Waals surface area contributed by atoms with Crippen LogP contribution in [0.5, 0.6) is 5.75 Å². The molecular weight excluding hydrogens is 362 g/mol. The van der Waals surface area contributed by atoms with Gasteiger partial charge in [0.1, 0.15) is 5.75 Å². The van der Waals surface area contributed by atoms with Crippen molar-refractivity contribution < 1.29 is 9.53 Å². The molecule has 6 nitrogen and oxygen atoms in total. The number of aryl methyl sites for hydroxylation is 1. The summed E-state index contributed by atoms with van der Waals surface area (Å²) in [5, 5.41) is 2.75. The van der Waals surface area contributed by atoms with Crippen LogP contribution >= 0.6 is 15.9 Å². The first-order chi connectivity index (χ1) is 10.9. The summed E-state index contributed by atoms with van der Waals surface area (Å²) < 4.78 is 7.17. The van der Waals surface area contributed by atoms with Crippen LogP contribution in [-0.4, -0.2) is 24.3 Å². The number of carbonyl (C=O) groups is 1. The third kappa shape index (κ3) is 4.13. The van der Waals surface area contributed by atoms with Crippen molar-refractivity contribution in [3.8, 4) is 5.75 Å². The maximum absolute atomic E-state index is 12.3. The van der Waals surface area contributed by atoms with Crippen molar-refractivity contribution in [2.45, 2.75) is 6.92 Å². The molecule has 2 aromatic rings. The topological polar surface area (TPSA) is 63.6 Å². The van der Waals surface area contributed by atoms with Gasteiger partial charge in [-0.05, 0) is 53.2 Å². The van der Waals surface area contributed by atoms with Gasteiger partial charge in [-0.1, -0.05) is 0 Å². The molecule has 0 unspecified atom stereocenters. The SMILES string of the molecule is CCOc1ccc(N(C)C(=O)Nc2cc(Br)c(=O)n(C)c2)cc1. The predicted octanol–water partition coefficient (Wildman–Crippen LogP) is 3.21. The van der Waals surface area contributed by atoms with Crippen LogP contribution in [0, 0.1) is 0 Å². The molecule has 0 saturated carbocycles. The summed E-state index contributed by atoms with van der Waals surface area (Å²) in [6.45, 7) is 2.51. The zero-order valence-corrected chi connectivity index (χ0v) is 14.8. The lowest BCUT2D eigenvalue weighted by Crippen LogP contribution is -2.31. The number of benzene rings is 1. The van der Waals surface area contributed by atoms with Crippen LogP contribution < -0.4 is 20.5 Å². The minimum atomic E-state index is -0.306. The van der Waals surface area contributed by atoms with Gasteiger partial charge in [0.15, 0.2) is 0 Å². The Hall–Kier alpha value is -2.28. The molecule has 0 saturated heterocycles. The average Bonchev–Trinajstić information content (AvgIpc) is 2.53. The summed E-state index contributed by atoms with van der Waals surface area (Å²) in [5.41, 5.74) is 1.10. The second kappa shape index (κ2) is 7.32. The molecule has 0 bridgehead atoms. The summed E-state index contributed by atoms with van der Waals surface area (Å²) in [6, 6.07) is 8.51. The van der Waals surface area contributed by atoms with Crippen LogP contribution in [0.3, 0.4) is 0 Å². The number of hydrogen-bond donors (Lipinski definition) is 1. The van der Waals surface area contributed by atoms with Gasteiger partial charge in [0, 0.05) is 26.0 Å². The number of urea groups is 1. The molecule has 0 aliphatic rings. The Balaban J connectivity index is 2.12. The Morgan fingerprint density at radius 3 is 2.57 bits per heavy atom. The maximum atomic E-state index is 12.3. The van der Waals surface area contributed by atoms with Crippen molar-refractivity contribution in [2.24, 2.45) is 7.05 Å². The maximum Gasteiger partial charge on any atom is 0.326 e. The quantitative estimate of drug-likeness (QED) is 0.886. The number of pyridine rings is 1. The minimum Gasteiger partial charge on any atom is -0.494 e. The first kappa shape index (κ1) is 17.1. The van der Waals surface area contributed by atoms with Gasteiger partial charge < -0.3 is 14.6 Å². The van der Waals surface area contributed by atoms with E-state index in [0.29, 0.717) is 16.8 Å². The van der Waals surface area contributed by atoms with E-state index in [1.165, 1.54) is 9.47 Å². The highest BCUT2D eigenvalue weighted by molar-refractivity contribution is 9.10. The molecule has 1 aromatic heterocycles. The number of rotatable bonds is 4. The average molecular weight is 380 g/mol. The summed E-state index contributed by atoms with van der Waals surface area (Å²) in [7, 11) is 3.29.